The maximum atomic E-state index is 9.57. The van der Waals surface area contributed by atoms with Crippen molar-refractivity contribution in [3.05, 3.63) is 65.0 Å². The molecule has 0 unspecified atom stereocenters. The van der Waals surface area contributed by atoms with Crippen LogP contribution in [-0.2, 0) is 13.0 Å². The number of pyridine rings is 1. The van der Waals surface area contributed by atoms with E-state index in [-0.39, 0.29) is 11.3 Å². The number of hydrogen-bond donors (Lipinski definition) is 4. The number of hydrogen-bond acceptors (Lipinski definition) is 9. The third-order valence-corrected chi connectivity index (χ3v) is 5.90. The van der Waals surface area contributed by atoms with Crippen LogP contribution in [0.1, 0.15) is 43.6 Å². The van der Waals surface area contributed by atoms with Gasteiger partial charge in [-0.3, -0.25) is 25.6 Å². The number of hydroxylamine groups is 1. The number of nitrogens with one attached hydrogen (secondary N) is 3. The van der Waals surface area contributed by atoms with E-state index in [0.29, 0.717) is 29.0 Å². The summed E-state index contributed by atoms with van der Waals surface area (Å²) in [6, 6.07) is 6.79. The Labute approximate surface area is 200 Å². The monoisotopic (exact) mass is 460 g/mol. The van der Waals surface area contributed by atoms with Crippen molar-refractivity contribution in [2.24, 2.45) is 10.9 Å². The third kappa shape index (κ3) is 6.47. The molecular weight excluding hydrogens is 428 g/mol. The van der Waals surface area contributed by atoms with Gasteiger partial charge in [0.05, 0.1) is 29.4 Å². The molecule has 0 aliphatic heterocycles. The van der Waals surface area contributed by atoms with Crippen LogP contribution in [0.3, 0.4) is 0 Å². The highest BCUT2D eigenvalue weighted by molar-refractivity contribution is 5.92. The molecule has 9 heteroatoms. The minimum atomic E-state index is 0.199. The summed E-state index contributed by atoms with van der Waals surface area (Å²) in [6.45, 7) is 5.60. The summed E-state index contributed by atoms with van der Waals surface area (Å²) in [5.41, 5.74) is 5.96. The molecule has 1 saturated carbocycles. The average Bonchev–Trinajstić information content (AvgIpc) is 2.85. The number of allylic oxidation sites excluding steroid dienone is 3. The first-order valence-electron chi connectivity index (χ1n) is 11.5. The van der Waals surface area contributed by atoms with Gasteiger partial charge < -0.3 is 10.6 Å². The lowest BCUT2D eigenvalue weighted by atomic mass is 9.80. The summed E-state index contributed by atoms with van der Waals surface area (Å²) in [6.07, 6.45) is 11.6. The summed E-state index contributed by atoms with van der Waals surface area (Å²) >= 11 is 0. The molecule has 0 spiro atoms. The molecule has 0 saturated heterocycles. The van der Waals surface area contributed by atoms with Gasteiger partial charge in [0.25, 0.3) is 0 Å². The molecule has 3 rings (SSSR count). The summed E-state index contributed by atoms with van der Waals surface area (Å²) in [7, 11) is 1.56. The van der Waals surface area contributed by atoms with Gasteiger partial charge in [-0.25, -0.2) is 4.98 Å². The van der Waals surface area contributed by atoms with E-state index in [2.05, 4.69) is 55.1 Å². The lowest BCUT2D eigenvalue weighted by Gasteiger charge is -2.36. The van der Waals surface area contributed by atoms with Gasteiger partial charge in [0.2, 0.25) is 0 Å². The molecule has 0 atom stereocenters. The van der Waals surface area contributed by atoms with Crippen LogP contribution in [0.15, 0.2) is 53.1 Å². The number of nitrogens with zero attached hydrogens (tertiary/aromatic N) is 5. The zero-order chi connectivity index (χ0) is 24.3. The quantitative estimate of drug-likeness (QED) is 0.174. The SMILES string of the molecule is C\C=C(/C(NO)=C(C#N)/C=N\C)c1cnc(NCC2CC(NCc3ccc(CC)nc3)C2)cn1. The largest absolute Gasteiger partial charge is 0.369 e. The maximum absolute atomic E-state index is 9.57. The van der Waals surface area contributed by atoms with E-state index in [9.17, 15) is 10.5 Å². The van der Waals surface area contributed by atoms with Gasteiger partial charge in [0.1, 0.15) is 11.9 Å². The van der Waals surface area contributed by atoms with Crippen LogP contribution in [0, 0.1) is 17.2 Å². The Morgan fingerprint density at radius 3 is 2.62 bits per heavy atom. The Hall–Kier alpha value is -3.61. The maximum Gasteiger partial charge on any atom is 0.144 e. The van der Waals surface area contributed by atoms with E-state index in [1.54, 1.807) is 32.4 Å². The number of aliphatic imine (C=N–C) groups is 1. The molecule has 1 fully saturated rings. The minimum Gasteiger partial charge on any atom is -0.369 e. The van der Waals surface area contributed by atoms with E-state index in [4.69, 9.17) is 0 Å². The van der Waals surface area contributed by atoms with E-state index in [1.807, 2.05) is 12.3 Å². The molecule has 178 valence electrons. The summed E-state index contributed by atoms with van der Waals surface area (Å²) in [5, 5.41) is 25.9. The van der Waals surface area contributed by atoms with Gasteiger partial charge in [0, 0.05) is 49.9 Å². The van der Waals surface area contributed by atoms with Gasteiger partial charge in [-0.15, -0.1) is 0 Å². The lowest BCUT2D eigenvalue weighted by Crippen LogP contribution is -2.43. The Morgan fingerprint density at radius 2 is 2.06 bits per heavy atom. The summed E-state index contributed by atoms with van der Waals surface area (Å²) in [4.78, 5) is 17.2. The van der Waals surface area contributed by atoms with Crippen molar-refractivity contribution in [3.63, 3.8) is 0 Å². The molecule has 0 bridgehead atoms. The molecule has 0 radical (unpaired) electrons. The van der Waals surface area contributed by atoms with Crippen LogP contribution >= 0.6 is 0 Å². The van der Waals surface area contributed by atoms with Crippen molar-refractivity contribution >= 4 is 17.6 Å². The van der Waals surface area contributed by atoms with Crippen LogP contribution in [0.5, 0.6) is 0 Å². The Kier molecular flexibility index (Phi) is 9.26. The second-order valence-electron chi connectivity index (χ2n) is 8.20. The number of rotatable bonds is 11. The van der Waals surface area contributed by atoms with Crippen LogP contribution in [0.2, 0.25) is 0 Å². The van der Waals surface area contributed by atoms with Crippen molar-refractivity contribution in [1.82, 2.24) is 25.7 Å². The predicted octanol–water partition coefficient (Wildman–Crippen LogP) is 3.27. The number of aromatic nitrogens is 3. The molecule has 1 aliphatic carbocycles. The van der Waals surface area contributed by atoms with E-state index >= 15 is 0 Å². The van der Waals surface area contributed by atoms with Crippen molar-refractivity contribution < 1.29 is 5.21 Å². The second-order valence-corrected chi connectivity index (χ2v) is 8.20. The van der Waals surface area contributed by atoms with E-state index < -0.39 is 0 Å². The van der Waals surface area contributed by atoms with Crippen molar-refractivity contribution in [2.45, 2.75) is 45.7 Å². The van der Waals surface area contributed by atoms with Gasteiger partial charge in [-0.2, -0.15) is 5.26 Å². The summed E-state index contributed by atoms with van der Waals surface area (Å²) < 4.78 is 0. The molecule has 0 amide bonds. The fraction of sp³-hybridized carbons (Fsp3) is 0.400. The molecule has 2 aromatic rings. The van der Waals surface area contributed by atoms with Crippen LogP contribution < -0.4 is 16.1 Å². The normalized spacial score (nSPS) is 18.7. The first-order valence-corrected chi connectivity index (χ1v) is 11.5. The van der Waals surface area contributed by atoms with Crippen LogP contribution in [0.4, 0.5) is 5.82 Å². The Bertz CT molecular complexity index is 1060. The first kappa shape index (κ1) is 25.0. The predicted molar refractivity (Wildman–Crippen MR) is 133 cm³/mol. The first-order chi connectivity index (χ1) is 16.6. The molecule has 0 aromatic carbocycles. The fourth-order valence-electron chi connectivity index (χ4n) is 3.87. The highest BCUT2D eigenvalue weighted by atomic mass is 16.5. The van der Waals surface area contributed by atoms with Crippen molar-refractivity contribution in [1.29, 1.82) is 5.26 Å². The van der Waals surface area contributed by atoms with Gasteiger partial charge >= 0.3 is 0 Å². The molecule has 1 aliphatic rings. The standard InChI is InChI=1S/C25H32N8O/c1-4-20-7-6-17(11-28-20)12-29-21-8-18(9-21)13-31-24-16-30-23(15-32-24)22(5-2)25(33-34)19(10-26)14-27-3/h5-7,11,14-16,18,21,29,33-34H,4,8-9,12-13H2,1-3H3,(H,31,32)/b22-5-,25-19-,27-14-. The minimum absolute atomic E-state index is 0.199. The molecule has 4 N–H and O–H groups in total. The topological polar surface area (TPSA) is 131 Å². The highest BCUT2D eigenvalue weighted by Crippen LogP contribution is 2.28. The highest BCUT2D eigenvalue weighted by Gasteiger charge is 2.28. The Balaban J connectivity index is 1.47. The second kappa shape index (κ2) is 12.6. The fourth-order valence-corrected chi connectivity index (χ4v) is 3.87. The average molecular weight is 461 g/mol. The van der Waals surface area contributed by atoms with Gasteiger partial charge in [0.15, 0.2) is 0 Å². The molecule has 34 heavy (non-hydrogen) atoms. The van der Waals surface area contributed by atoms with Crippen LogP contribution in [0.25, 0.3) is 5.57 Å². The molecule has 2 aromatic heterocycles. The zero-order valence-electron chi connectivity index (χ0n) is 19.9. The summed E-state index contributed by atoms with van der Waals surface area (Å²) in [5.74, 6) is 1.28. The number of nitriles is 1. The van der Waals surface area contributed by atoms with E-state index in [1.165, 1.54) is 11.8 Å². The smallest absolute Gasteiger partial charge is 0.144 e. The molecular formula is C25H32N8O. The lowest BCUT2D eigenvalue weighted by molar-refractivity contribution is 0.205. The van der Waals surface area contributed by atoms with E-state index in [0.717, 1.165) is 38.0 Å². The van der Waals surface area contributed by atoms with Crippen molar-refractivity contribution in [2.75, 3.05) is 18.9 Å². The van der Waals surface area contributed by atoms with Crippen molar-refractivity contribution in [3.8, 4) is 6.07 Å². The third-order valence-electron chi connectivity index (χ3n) is 5.90. The number of anilines is 1. The molecule has 9 nitrogen and oxygen atoms in total. The van der Waals surface area contributed by atoms with Gasteiger partial charge in [-0.1, -0.05) is 19.1 Å². The number of aryl methyl sites for hydroxylation is 1. The zero-order valence-corrected chi connectivity index (χ0v) is 19.9. The van der Waals surface area contributed by atoms with Crippen LogP contribution in [-0.4, -0.2) is 46.0 Å². The van der Waals surface area contributed by atoms with Gasteiger partial charge in [-0.05, 0) is 43.7 Å². The molecule has 2 heterocycles. The Morgan fingerprint density at radius 1 is 1.24 bits per heavy atom.